The molecule has 0 aromatic heterocycles. The number of methoxy groups -OCH3 is 1. The van der Waals surface area contributed by atoms with Crippen molar-refractivity contribution >= 4 is 5.97 Å². The zero-order valence-electron chi connectivity index (χ0n) is 11.5. The topological polar surface area (TPSA) is 85.3 Å². The van der Waals surface area contributed by atoms with Crippen molar-refractivity contribution in [2.45, 2.75) is 12.8 Å². The molecule has 6 heteroatoms. The van der Waals surface area contributed by atoms with Gasteiger partial charge in [0.05, 0.1) is 24.7 Å². The summed E-state index contributed by atoms with van der Waals surface area (Å²) in [6.45, 7) is 1.58. The molecule has 0 spiro atoms. The van der Waals surface area contributed by atoms with Crippen molar-refractivity contribution in [3.8, 4) is 6.07 Å². The Balaban J connectivity index is 2.63. The van der Waals surface area contributed by atoms with Gasteiger partial charge in [0, 0.05) is 0 Å². The molecule has 1 unspecified atom stereocenters. The molecule has 0 saturated heterocycles. The number of ether oxygens (including phenoxy) is 2. The van der Waals surface area contributed by atoms with Crippen LogP contribution in [0.3, 0.4) is 0 Å². The molecule has 0 fully saturated rings. The molecule has 1 aromatic carbocycles. The lowest BCUT2D eigenvalue weighted by molar-refractivity contribution is -0.136. The second kappa shape index (κ2) is 5.67. The van der Waals surface area contributed by atoms with Crippen LogP contribution in [-0.4, -0.2) is 13.1 Å². The molecule has 0 bridgehead atoms. The molecule has 2 rings (SSSR count). The van der Waals surface area contributed by atoms with Gasteiger partial charge in [0.1, 0.15) is 17.1 Å². The molecule has 1 aromatic rings. The van der Waals surface area contributed by atoms with Crippen molar-refractivity contribution in [3.05, 3.63) is 58.4 Å². The van der Waals surface area contributed by atoms with Gasteiger partial charge < -0.3 is 15.2 Å². The van der Waals surface area contributed by atoms with Crippen LogP contribution < -0.4 is 5.73 Å². The van der Waals surface area contributed by atoms with Gasteiger partial charge in [-0.25, -0.2) is 9.18 Å². The van der Waals surface area contributed by atoms with Crippen LogP contribution in [0.4, 0.5) is 4.39 Å². The fourth-order valence-electron chi connectivity index (χ4n) is 2.22. The number of esters is 1. The van der Waals surface area contributed by atoms with E-state index in [0.29, 0.717) is 11.3 Å². The lowest BCUT2D eigenvalue weighted by Crippen LogP contribution is -2.25. The molecular formula is C15H13FN2O3. The van der Waals surface area contributed by atoms with Crippen molar-refractivity contribution in [1.82, 2.24) is 0 Å². The van der Waals surface area contributed by atoms with E-state index in [4.69, 9.17) is 15.2 Å². The number of carbonyl (C=O) groups is 1. The van der Waals surface area contributed by atoms with E-state index < -0.39 is 17.7 Å². The molecule has 5 nitrogen and oxygen atoms in total. The SMILES string of the molecule is COC(=O)C1=C(N)OC(C)=C(C#N)C1c1ccc(F)cc1. The summed E-state index contributed by atoms with van der Waals surface area (Å²) in [7, 11) is 1.21. The highest BCUT2D eigenvalue weighted by Gasteiger charge is 2.36. The van der Waals surface area contributed by atoms with E-state index in [1.165, 1.54) is 31.4 Å². The molecule has 1 aliphatic heterocycles. The number of halogens is 1. The zero-order chi connectivity index (χ0) is 15.6. The predicted molar refractivity (Wildman–Crippen MR) is 71.8 cm³/mol. The Morgan fingerprint density at radius 2 is 2.05 bits per heavy atom. The fourth-order valence-corrected chi connectivity index (χ4v) is 2.22. The van der Waals surface area contributed by atoms with Gasteiger partial charge in [-0.05, 0) is 24.6 Å². The Morgan fingerprint density at radius 3 is 2.57 bits per heavy atom. The minimum absolute atomic E-state index is 0.0336. The molecular weight excluding hydrogens is 275 g/mol. The van der Waals surface area contributed by atoms with Gasteiger partial charge in [-0.3, -0.25) is 0 Å². The van der Waals surface area contributed by atoms with Crippen molar-refractivity contribution in [3.63, 3.8) is 0 Å². The van der Waals surface area contributed by atoms with E-state index in [2.05, 4.69) is 0 Å². The number of hydrogen-bond donors (Lipinski definition) is 1. The summed E-state index contributed by atoms with van der Waals surface area (Å²) < 4.78 is 23.0. The van der Waals surface area contributed by atoms with Gasteiger partial charge in [-0.2, -0.15) is 5.26 Å². The Hall–Kier alpha value is -2.81. The maximum atomic E-state index is 13.1. The molecule has 2 N–H and O–H groups in total. The maximum Gasteiger partial charge on any atom is 0.340 e. The standard InChI is InChI=1S/C15H13FN2O3/c1-8-11(7-17)12(9-3-5-10(16)6-4-9)13(14(18)21-8)15(19)20-2/h3-6,12H,18H2,1-2H3. The highest BCUT2D eigenvalue weighted by atomic mass is 19.1. The molecule has 0 aliphatic carbocycles. The zero-order valence-corrected chi connectivity index (χ0v) is 11.5. The molecule has 1 aliphatic rings. The number of carbonyl (C=O) groups excluding carboxylic acids is 1. The summed E-state index contributed by atoms with van der Waals surface area (Å²) in [6.07, 6.45) is 0. The largest absolute Gasteiger partial charge is 0.465 e. The van der Waals surface area contributed by atoms with Crippen molar-refractivity contribution in [1.29, 1.82) is 5.26 Å². The first-order valence-corrected chi connectivity index (χ1v) is 6.11. The van der Waals surface area contributed by atoms with Gasteiger partial charge in [0.15, 0.2) is 0 Å². The van der Waals surface area contributed by atoms with Crippen molar-refractivity contribution in [2.24, 2.45) is 5.73 Å². The number of allylic oxidation sites excluding steroid dienone is 2. The lowest BCUT2D eigenvalue weighted by atomic mass is 9.83. The number of benzene rings is 1. The van der Waals surface area contributed by atoms with Gasteiger partial charge >= 0.3 is 5.97 Å². The summed E-state index contributed by atoms with van der Waals surface area (Å²) in [5.41, 5.74) is 6.58. The van der Waals surface area contributed by atoms with Gasteiger partial charge in [0.2, 0.25) is 5.88 Å². The number of hydrogen-bond acceptors (Lipinski definition) is 5. The third-order valence-corrected chi connectivity index (χ3v) is 3.21. The first kappa shape index (κ1) is 14.6. The lowest BCUT2D eigenvalue weighted by Gasteiger charge is -2.26. The van der Waals surface area contributed by atoms with E-state index in [-0.39, 0.29) is 17.0 Å². The minimum atomic E-state index is -0.739. The van der Waals surface area contributed by atoms with Crippen LogP contribution >= 0.6 is 0 Å². The number of rotatable bonds is 2. The second-order valence-corrected chi connectivity index (χ2v) is 4.44. The molecule has 21 heavy (non-hydrogen) atoms. The monoisotopic (exact) mass is 288 g/mol. The van der Waals surface area contributed by atoms with E-state index in [1.807, 2.05) is 6.07 Å². The second-order valence-electron chi connectivity index (χ2n) is 4.44. The first-order valence-electron chi connectivity index (χ1n) is 6.11. The van der Waals surface area contributed by atoms with Gasteiger partial charge in [-0.15, -0.1) is 0 Å². The summed E-state index contributed by atoms with van der Waals surface area (Å²) in [4.78, 5) is 11.9. The third-order valence-electron chi connectivity index (χ3n) is 3.21. The van der Waals surface area contributed by atoms with Gasteiger partial charge in [0.25, 0.3) is 0 Å². The van der Waals surface area contributed by atoms with Crippen LogP contribution in [-0.2, 0) is 14.3 Å². The summed E-state index contributed by atoms with van der Waals surface area (Å²) in [5.74, 6) is -1.66. The summed E-state index contributed by atoms with van der Waals surface area (Å²) in [5, 5.41) is 9.33. The van der Waals surface area contributed by atoms with Crippen molar-refractivity contribution < 1.29 is 18.7 Å². The van der Waals surface area contributed by atoms with E-state index in [9.17, 15) is 14.4 Å². The van der Waals surface area contributed by atoms with Crippen LogP contribution in [0.1, 0.15) is 18.4 Å². The normalized spacial score (nSPS) is 18.1. The van der Waals surface area contributed by atoms with Crippen LogP contribution in [0, 0.1) is 17.1 Å². The Labute approximate surface area is 121 Å². The fraction of sp³-hybridized carbons (Fsp3) is 0.200. The summed E-state index contributed by atoms with van der Waals surface area (Å²) >= 11 is 0. The van der Waals surface area contributed by atoms with Crippen LogP contribution in [0.25, 0.3) is 0 Å². The predicted octanol–water partition coefficient (Wildman–Crippen LogP) is 2.08. The Bertz CT molecular complexity index is 684. The Morgan fingerprint density at radius 1 is 1.43 bits per heavy atom. The number of nitriles is 1. The van der Waals surface area contributed by atoms with Crippen LogP contribution in [0.2, 0.25) is 0 Å². The quantitative estimate of drug-likeness (QED) is 0.842. The van der Waals surface area contributed by atoms with Crippen LogP contribution in [0.15, 0.2) is 47.1 Å². The maximum absolute atomic E-state index is 13.1. The molecule has 0 radical (unpaired) electrons. The third kappa shape index (κ3) is 2.58. The summed E-state index contributed by atoms with van der Waals surface area (Å²) in [6, 6.07) is 7.49. The molecule has 1 heterocycles. The van der Waals surface area contributed by atoms with E-state index >= 15 is 0 Å². The van der Waals surface area contributed by atoms with Crippen molar-refractivity contribution in [2.75, 3.05) is 7.11 Å². The molecule has 1 atom stereocenters. The average molecular weight is 288 g/mol. The highest BCUT2D eigenvalue weighted by Crippen LogP contribution is 2.39. The van der Waals surface area contributed by atoms with E-state index in [1.54, 1.807) is 6.92 Å². The minimum Gasteiger partial charge on any atom is -0.465 e. The Kier molecular flexibility index (Phi) is 3.94. The average Bonchev–Trinajstić information content (AvgIpc) is 2.46. The first-order chi connectivity index (χ1) is 9.99. The van der Waals surface area contributed by atoms with E-state index in [0.717, 1.165) is 0 Å². The number of nitrogens with two attached hydrogens (primary N) is 1. The smallest absolute Gasteiger partial charge is 0.340 e. The molecule has 0 amide bonds. The molecule has 0 saturated carbocycles. The van der Waals surface area contributed by atoms with Gasteiger partial charge in [-0.1, -0.05) is 12.1 Å². The molecule has 108 valence electrons. The van der Waals surface area contributed by atoms with Crippen LogP contribution in [0.5, 0.6) is 0 Å². The highest BCUT2D eigenvalue weighted by molar-refractivity contribution is 5.92. The number of nitrogens with zero attached hydrogens (tertiary/aromatic N) is 1.